The first-order valence-corrected chi connectivity index (χ1v) is 14.9. The molecule has 0 aliphatic carbocycles. The van der Waals surface area contributed by atoms with E-state index in [1.807, 2.05) is 91.0 Å². The van der Waals surface area contributed by atoms with Gasteiger partial charge in [0.25, 0.3) is 0 Å². The van der Waals surface area contributed by atoms with Crippen LogP contribution in [0.5, 0.6) is 11.8 Å². The van der Waals surface area contributed by atoms with E-state index < -0.39 is 5.97 Å². The van der Waals surface area contributed by atoms with Gasteiger partial charge in [0, 0.05) is 13.2 Å². The Labute approximate surface area is 265 Å². The lowest BCUT2D eigenvalue weighted by atomic mass is 10.0. The summed E-state index contributed by atoms with van der Waals surface area (Å²) in [6, 6.07) is 36.3. The number of ether oxygens (including phenoxy) is 3. The molecule has 0 aliphatic rings. The maximum atomic E-state index is 14.1. The molecule has 0 amide bonds. The number of aliphatic carboxylic acids is 1. The van der Waals surface area contributed by atoms with Crippen LogP contribution in [0.25, 0.3) is 27.8 Å². The molecule has 2 aromatic heterocycles. The van der Waals surface area contributed by atoms with Crippen molar-refractivity contribution in [3.05, 3.63) is 142 Å². The summed E-state index contributed by atoms with van der Waals surface area (Å²) in [6.45, 7) is 1.27. The lowest BCUT2D eigenvalue weighted by Gasteiger charge is -2.14. The summed E-state index contributed by atoms with van der Waals surface area (Å²) in [4.78, 5) is 30.0. The van der Waals surface area contributed by atoms with Gasteiger partial charge in [-0.1, -0.05) is 91.0 Å². The number of hydrogen-bond acceptors (Lipinski definition) is 6. The van der Waals surface area contributed by atoms with Crippen molar-refractivity contribution in [2.75, 3.05) is 13.7 Å². The number of fused-ring (bicyclic) bond motifs is 1. The number of aromatic nitrogens is 3. The van der Waals surface area contributed by atoms with Gasteiger partial charge in [-0.25, -0.2) is 4.79 Å². The van der Waals surface area contributed by atoms with E-state index in [0.29, 0.717) is 47.9 Å². The van der Waals surface area contributed by atoms with Gasteiger partial charge in [0.2, 0.25) is 11.8 Å². The summed E-state index contributed by atoms with van der Waals surface area (Å²) in [7, 11) is 1.60. The molecule has 0 fully saturated rings. The molecule has 0 bridgehead atoms. The number of carbonyl (C=O) groups is 1. The zero-order valence-corrected chi connectivity index (χ0v) is 25.3. The SMILES string of the molecule is COCCn1c(=O)n(-c2ccc(OCc3ccccc3)nc2OCc2ccccc2)c2ccc(-c3ccc(CC(=O)O)cc3)cc21. The molecule has 0 saturated heterocycles. The first-order valence-electron chi connectivity index (χ1n) is 14.9. The highest BCUT2D eigenvalue weighted by Gasteiger charge is 2.20. The summed E-state index contributed by atoms with van der Waals surface area (Å²) < 4.78 is 20.9. The molecule has 0 unspecified atom stereocenters. The largest absolute Gasteiger partial charge is 0.481 e. The molecule has 1 N–H and O–H groups in total. The lowest BCUT2D eigenvalue weighted by molar-refractivity contribution is -0.136. The minimum absolute atomic E-state index is 0.0441. The second-order valence-electron chi connectivity index (χ2n) is 10.8. The van der Waals surface area contributed by atoms with Crippen molar-refractivity contribution in [1.29, 1.82) is 0 Å². The van der Waals surface area contributed by atoms with Crippen LogP contribution in [-0.4, -0.2) is 38.9 Å². The highest BCUT2D eigenvalue weighted by molar-refractivity contribution is 5.84. The Morgan fingerprint density at radius 1 is 0.739 bits per heavy atom. The maximum Gasteiger partial charge on any atom is 0.333 e. The van der Waals surface area contributed by atoms with Gasteiger partial charge in [-0.05, 0) is 46.0 Å². The standard InChI is InChI=1S/C37H33N3O6/c1-44-21-20-39-33-23-30(29-14-12-26(13-15-29)22-35(41)42)16-17-31(33)40(37(39)43)32-18-19-34(45-24-27-8-4-2-5-9-27)38-36(32)46-25-28-10-6-3-7-11-28/h2-19,23H,20-22,24-25H2,1H3,(H,41,42). The van der Waals surface area contributed by atoms with E-state index in [1.165, 1.54) is 0 Å². The van der Waals surface area contributed by atoms with Crippen molar-refractivity contribution in [3.8, 4) is 28.6 Å². The average Bonchev–Trinajstić information content (AvgIpc) is 3.36. The molecule has 6 rings (SSSR count). The number of pyridine rings is 1. The first-order chi connectivity index (χ1) is 22.5. The number of hydrogen-bond donors (Lipinski definition) is 1. The van der Waals surface area contributed by atoms with Crippen LogP contribution in [-0.2, 0) is 35.7 Å². The number of methoxy groups -OCH3 is 1. The van der Waals surface area contributed by atoms with E-state index in [-0.39, 0.29) is 24.6 Å². The fraction of sp³-hybridized carbons (Fsp3) is 0.162. The van der Waals surface area contributed by atoms with Gasteiger partial charge in [0.1, 0.15) is 18.9 Å². The van der Waals surface area contributed by atoms with Gasteiger partial charge in [-0.2, -0.15) is 4.98 Å². The van der Waals surface area contributed by atoms with E-state index in [2.05, 4.69) is 0 Å². The molecule has 2 heterocycles. The number of carboxylic acids is 1. The zero-order chi connectivity index (χ0) is 31.9. The van der Waals surface area contributed by atoms with Gasteiger partial charge in [-0.15, -0.1) is 0 Å². The molecule has 9 heteroatoms. The summed E-state index contributed by atoms with van der Waals surface area (Å²) in [5.74, 6) is -0.240. The van der Waals surface area contributed by atoms with Crippen molar-refractivity contribution in [2.45, 2.75) is 26.2 Å². The predicted octanol–water partition coefficient (Wildman–Crippen LogP) is 6.29. The fourth-order valence-corrected chi connectivity index (χ4v) is 5.29. The smallest absolute Gasteiger partial charge is 0.333 e. The minimum atomic E-state index is -0.880. The molecule has 4 aromatic carbocycles. The minimum Gasteiger partial charge on any atom is -0.481 e. The number of carboxylic acid groups (broad SMARTS) is 1. The van der Waals surface area contributed by atoms with Crippen LogP contribution >= 0.6 is 0 Å². The third kappa shape index (κ3) is 6.85. The van der Waals surface area contributed by atoms with Gasteiger partial charge in [0.15, 0.2) is 0 Å². The Morgan fingerprint density at radius 2 is 1.39 bits per heavy atom. The van der Waals surface area contributed by atoms with E-state index in [9.17, 15) is 9.59 Å². The van der Waals surface area contributed by atoms with Gasteiger partial charge < -0.3 is 19.3 Å². The van der Waals surface area contributed by atoms with Crippen LogP contribution in [0.15, 0.2) is 120 Å². The number of benzene rings is 4. The topological polar surface area (TPSA) is 105 Å². The molecule has 6 aromatic rings. The number of imidazole rings is 1. The average molecular weight is 616 g/mol. The van der Waals surface area contributed by atoms with Crippen molar-refractivity contribution in [2.24, 2.45) is 0 Å². The highest BCUT2D eigenvalue weighted by Crippen LogP contribution is 2.30. The Bertz CT molecular complexity index is 2000. The molecule has 0 spiro atoms. The molecule has 232 valence electrons. The predicted molar refractivity (Wildman–Crippen MR) is 176 cm³/mol. The third-order valence-corrected chi connectivity index (χ3v) is 7.59. The quantitative estimate of drug-likeness (QED) is 0.163. The molecular formula is C37H33N3O6. The molecule has 0 atom stereocenters. The van der Waals surface area contributed by atoms with Crippen LogP contribution in [0.3, 0.4) is 0 Å². The van der Waals surface area contributed by atoms with E-state index in [0.717, 1.165) is 22.3 Å². The molecule has 0 radical (unpaired) electrons. The summed E-state index contributed by atoms with van der Waals surface area (Å²) >= 11 is 0. The van der Waals surface area contributed by atoms with Crippen LogP contribution in [0.1, 0.15) is 16.7 Å². The molecule has 9 nitrogen and oxygen atoms in total. The van der Waals surface area contributed by atoms with Crippen molar-refractivity contribution >= 4 is 17.0 Å². The fourth-order valence-electron chi connectivity index (χ4n) is 5.29. The van der Waals surface area contributed by atoms with Crippen LogP contribution < -0.4 is 15.2 Å². The van der Waals surface area contributed by atoms with Gasteiger partial charge in [0.05, 0.1) is 30.6 Å². The Hall–Kier alpha value is -5.67. The maximum absolute atomic E-state index is 14.1. The summed E-state index contributed by atoms with van der Waals surface area (Å²) in [5, 5.41) is 9.13. The Balaban J connectivity index is 1.42. The normalized spacial score (nSPS) is 11.1. The molecule has 46 heavy (non-hydrogen) atoms. The Morgan fingerprint density at radius 3 is 2.04 bits per heavy atom. The van der Waals surface area contributed by atoms with E-state index >= 15 is 0 Å². The second-order valence-corrected chi connectivity index (χ2v) is 10.8. The van der Waals surface area contributed by atoms with E-state index in [1.54, 1.807) is 40.5 Å². The van der Waals surface area contributed by atoms with Crippen LogP contribution in [0, 0.1) is 0 Å². The van der Waals surface area contributed by atoms with Crippen molar-refractivity contribution in [3.63, 3.8) is 0 Å². The summed E-state index contributed by atoms with van der Waals surface area (Å²) in [5.41, 5.74) is 6.09. The van der Waals surface area contributed by atoms with Gasteiger partial charge >= 0.3 is 11.7 Å². The first kappa shape index (κ1) is 30.4. The lowest BCUT2D eigenvalue weighted by Crippen LogP contribution is -2.25. The summed E-state index contributed by atoms with van der Waals surface area (Å²) in [6.07, 6.45) is -0.0441. The van der Waals surface area contributed by atoms with Crippen molar-refractivity contribution < 1.29 is 24.1 Å². The second kappa shape index (κ2) is 14.0. The highest BCUT2D eigenvalue weighted by atomic mass is 16.5. The molecule has 0 aliphatic heterocycles. The van der Waals surface area contributed by atoms with Crippen molar-refractivity contribution in [1.82, 2.24) is 14.1 Å². The Kier molecular flexibility index (Phi) is 9.22. The van der Waals surface area contributed by atoms with Crippen LogP contribution in [0.4, 0.5) is 0 Å². The van der Waals surface area contributed by atoms with Crippen LogP contribution in [0.2, 0.25) is 0 Å². The van der Waals surface area contributed by atoms with E-state index in [4.69, 9.17) is 24.3 Å². The molecular weight excluding hydrogens is 582 g/mol. The monoisotopic (exact) mass is 615 g/mol. The number of nitrogens with zero attached hydrogens (tertiary/aromatic N) is 3. The third-order valence-electron chi connectivity index (χ3n) is 7.59. The van der Waals surface area contributed by atoms with Gasteiger partial charge in [-0.3, -0.25) is 13.9 Å². The zero-order valence-electron chi connectivity index (χ0n) is 25.3. The number of rotatable bonds is 13. The molecule has 0 saturated carbocycles.